The van der Waals surface area contributed by atoms with Crippen LogP contribution >= 0.6 is 0 Å². The van der Waals surface area contributed by atoms with Crippen molar-refractivity contribution in [3.05, 3.63) is 114 Å². The largest absolute Gasteiger partial charge is 0.382 e. The van der Waals surface area contributed by atoms with E-state index in [1.807, 2.05) is 6.08 Å². The molecule has 1 heteroatoms. The van der Waals surface area contributed by atoms with Gasteiger partial charge in [0.2, 0.25) is 0 Å². The molecule has 0 aliphatic heterocycles. The summed E-state index contributed by atoms with van der Waals surface area (Å²) in [6.07, 6.45) is 26.1. The first-order valence-electron chi connectivity index (χ1n) is 11.6. The molecule has 1 N–H and O–H groups in total. The highest BCUT2D eigenvalue weighted by Crippen LogP contribution is 2.26. The summed E-state index contributed by atoms with van der Waals surface area (Å²) in [6, 6.07) is 15.5. The molecule has 2 aliphatic carbocycles. The average molecular weight is 408 g/mol. The zero-order valence-electron chi connectivity index (χ0n) is 18.4. The summed E-state index contributed by atoms with van der Waals surface area (Å²) in [5, 5.41) is 6.28. The van der Waals surface area contributed by atoms with Crippen molar-refractivity contribution in [3.63, 3.8) is 0 Å². The Morgan fingerprint density at radius 2 is 1.90 bits per heavy atom. The lowest BCUT2D eigenvalue weighted by Gasteiger charge is -2.21. The second-order valence-electron chi connectivity index (χ2n) is 8.45. The highest BCUT2D eigenvalue weighted by atomic mass is 14.9. The zero-order valence-corrected chi connectivity index (χ0v) is 18.4. The van der Waals surface area contributed by atoms with E-state index in [0.29, 0.717) is 6.04 Å². The number of nitrogens with one attached hydrogen (secondary N) is 1. The van der Waals surface area contributed by atoms with E-state index in [1.54, 1.807) is 0 Å². The van der Waals surface area contributed by atoms with Crippen LogP contribution in [0.1, 0.15) is 50.5 Å². The third kappa shape index (κ3) is 5.98. The van der Waals surface area contributed by atoms with Crippen LogP contribution < -0.4 is 5.32 Å². The summed E-state index contributed by atoms with van der Waals surface area (Å²) in [5.41, 5.74) is 5.48. The second-order valence-corrected chi connectivity index (χ2v) is 8.45. The Labute approximate surface area is 187 Å². The van der Waals surface area contributed by atoms with Crippen LogP contribution in [0, 0.1) is 0 Å². The van der Waals surface area contributed by atoms with Crippen molar-refractivity contribution in [1.29, 1.82) is 0 Å². The quantitative estimate of drug-likeness (QED) is 0.436. The van der Waals surface area contributed by atoms with Crippen LogP contribution in [-0.4, -0.2) is 6.04 Å². The highest BCUT2D eigenvalue weighted by Gasteiger charge is 2.12. The number of hydrogen-bond donors (Lipinski definition) is 1. The molecular formula is C30H33N. The van der Waals surface area contributed by atoms with E-state index in [1.165, 1.54) is 52.4 Å². The lowest BCUT2D eigenvalue weighted by Crippen LogP contribution is -2.26. The molecule has 0 saturated carbocycles. The molecule has 2 aliphatic rings. The summed E-state index contributed by atoms with van der Waals surface area (Å²) in [6.45, 7) is 4.05. The molecule has 0 amide bonds. The van der Waals surface area contributed by atoms with Gasteiger partial charge < -0.3 is 5.32 Å². The van der Waals surface area contributed by atoms with E-state index in [0.717, 1.165) is 25.7 Å². The molecule has 0 fully saturated rings. The number of allylic oxidation sites excluding steroid dienone is 9. The fraction of sp³-hybridized carbons (Fsp3) is 0.267. The molecule has 1 atom stereocenters. The Morgan fingerprint density at radius 3 is 2.74 bits per heavy atom. The monoisotopic (exact) mass is 407 g/mol. The minimum absolute atomic E-state index is 0.305. The number of benzene rings is 2. The van der Waals surface area contributed by atoms with E-state index in [2.05, 4.69) is 96.9 Å². The van der Waals surface area contributed by atoms with Crippen LogP contribution in [0.25, 0.3) is 16.8 Å². The van der Waals surface area contributed by atoms with Gasteiger partial charge in [-0.25, -0.2) is 0 Å². The fourth-order valence-electron chi connectivity index (χ4n) is 4.30. The number of fused-ring (bicyclic) bond motifs is 1. The molecule has 4 rings (SSSR count). The molecule has 0 radical (unpaired) electrons. The molecule has 158 valence electrons. The molecule has 0 spiro atoms. The van der Waals surface area contributed by atoms with E-state index in [9.17, 15) is 0 Å². The van der Waals surface area contributed by atoms with Gasteiger partial charge in [-0.2, -0.15) is 0 Å². The van der Waals surface area contributed by atoms with Crippen LogP contribution in [0.2, 0.25) is 0 Å². The van der Waals surface area contributed by atoms with Crippen molar-refractivity contribution in [2.45, 2.75) is 51.0 Å². The molecule has 1 nitrogen and oxygen atoms in total. The van der Waals surface area contributed by atoms with Crippen molar-refractivity contribution in [2.24, 2.45) is 0 Å². The van der Waals surface area contributed by atoms with Gasteiger partial charge in [0.1, 0.15) is 0 Å². The Morgan fingerprint density at radius 1 is 1.00 bits per heavy atom. The molecule has 1 unspecified atom stereocenters. The zero-order chi connectivity index (χ0) is 21.3. The first-order valence-corrected chi connectivity index (χ1v) is 11.6. The van der Waals surface area contributed by atoms with E-state index in [4.69, 9.17) is 0 Å². The third-order valence-electron chi connectivity index (χ3n) is 6.14. The molecule has 0 saturated heterocycles. The maximum absolute atomic E-state index is 4.05. The van der Waals surface area contributed by atoms with Crippen molar-refractivity contribution in [1.82, 2.24) is 5.32 Å². The average Bonchev–Trinajstić information content (AvgIpc) is 3.11. The van der Waals surface area contributed by atoms with Crippen LogP contribution in [0.5, 0.6) is 0 Å². The standard InChI is InChI=1S/C30H33N/c1-2-29(16-10-7-11-24-17-18-26-14-8-9-15-28(26)23-24)31-30-21-19-27(20-22-30)25-12-5-3-4-6-13-25/h2,5,7-9,11-15,17-19,21,23,29,31H,1,3-4,6,10,16,20,22H2/b11-7+. The van der Waals surface area contributed by atoms with Crippen molar-refractivity contribution in [3.8, 4) is 0 Å². The Balaban J connectivity index is 1.29. The summed E-state index contributed by atoms with van der Waals surface area (Å²) in [5.74, 6) is 0. The minimum atomic E-state index is 0.305. The molecule has 0 heterocycles. The van der Waals surface area contributed by atoms with Gasteiger partial charge in [0.05, 0.1) is 0 Å². The van der Waals surface area contributed by atoms with Crippen molar-refractivity contribution in [2.75, 3.05) is 0 Å². The Hall–Kier alpha value is -3.06. The van der Waals surface area contributed by atoms with Crippen LogP contribution in [0.4, 0.5) is 0 Å². The van der Waals surface area contributed by atoms with E-state index < -0.39 is 0 Å². The van der Waals surface area contributed by atoms with Crippen LogP contribution in [-0.2, 0) is 0 Å². The van der Waals surface area contributed by atoms with E-state index >= 15 is 0 Å². The number of hydrogen-bond acceptors (Lipinski definition) is 1. The van der Waals surface area contributed by atoms with Gasteiger partial charge in [0.25, 0.3) is 0 Å². The summed E-state index contributed by atoms with van der Waals surface area (Å²) < 4.78 is 0. The molecule has 0 bridgehead atoms. The normalized spacial score (nSPS) is 17.6. The van der Waals surface area contributed by atoms with Gasteiger partial charge in [-0.1, -0.05) is 78.9 Å². The van der Waals surface area contributed by atoms with Crippen LogP contribution in [0.3, 0.4) is 0 Å². The van der Waals surface area contributed by atoms with Crippen molar-refractivity contribution >= 4 is 16.8 Å². The first kappa shape index (κ1) is 21.2. The second kappa shape index (κ2) is 10.8. The van der Waals surface area contributed by atoms with Gasteiger partial charge in [0.15, 0.2) is 0 Å². The SMILES string of the molecule is C=CC(CC/C=C/c1ccc2ccccc2c1)NC1=CC=C(C2=CCCCC=C2)CC1. The molecule has 2 aromatic carbocycles. The maximum Gasteiger partial charge on any atom is 0.0441 e. The fourth-order valence-corrected chi connectivity index (χ4v) is 4.30. The van der Waals surface area contributed by atoms with Crippen molar-refractivity contribution < 1.29 is 0 Å². The van der Waals surface area contributed by atoms with Gasteiger partial charge in [-0.3, -0.25) is 0 Å². The Kier molecular flexibility index (Phi) is 7.39. The van der Waals surface area contributed by atoms with Gasteiger partial charge in [-0.05, 0) is 84.6 Å². The summed E-state index contributed by atoms with van der Waals surface area (Å²) in [4.78, 5) is 0. The summed E-state index contributed by atoms with van der Waals surface area (Å²) in [7, 11) is 0. The Bertz CT molecular complexity index is 1060. The lowest BCUT2D eigenvalue weighted by molar-refractivity contribution is 0.602. The third-order valence-corrected chi connectivity index (χ3v) is 6.14. The molecule has 0 aromatic heterocycles. The van der Waals surface area contributed by atoms with Crippen LogP contribution in [0.15, 0.2) is 108 Å². The predicted octanol–water partition coefficient (Wildman–Crippen LogP) is 8.05. The minimum Gasteiger partial charge on any atom is -0.382 e. The smallest absolute Gasteiger partial charge is 0.0441 e. The molecule has 31 heavy (non-hydrogen) atoms. The van der Waals surface area contributed by atoms with Gasteiger partial charge >= 0.3 is 0 Å². The lowest BCUT2D eigenvalue weighted by atomic mass is 9.94. The van der Waals surface area contributed by atoms with E-state index in [-0.39, 0.29) is 0 Å². The van der Waals surface area contributed by atoms with Gasteiger partial charge in [0, 0.05) is 11.7 Å². The first-order chi connectivity index (χ1) is 15.3. The molecule has 2 aromatic rings. The maximum atomic E-state index is 4.05. The predicted molar refractivity (Wildman–Crippen MR) is 136 cm³/mol. The summed E-state index contributed by atoms with van der Waals surface area (Å²) >= 11 is 0. The molecular weight excluding hydrogens is 374 g/mol. The highest BCUT2D eigenvalue weighted by molar-refractivity contribution is 5.84. The number of rotatable bonds is 8. The van der Waals surface area contributed by atoms with Gasteiger partial charge in [-0.15, -0.1) is 6.58 Å². The topological polar surface area (TPSA) is 12.0 Å².